The van der Waals surface area contributed by atoms with Crippen molar-refractivity contribution in [1.82, 2.24) is 19.5 Å². The lowest BCUT2D eigenvalue weighted by Crippen LogP contribution is -2.23. The molecular weight excluding hydrogens is 352 g/mol. The molecule has 0 aliphatic carbocycles. The fraction of sp³-hybridized carbons (Fsp3) is 0.316. The van der Waals surface area contributed by atoms with Gasteiger partial charge in [0.1, 0.15) is 5.02 Å². The van der Waals surface area contributed by atoms with Gasteiger partial charge < -0.3 is 5.11 Å². The van der Waals surface area contributed by atoms with Crippen LogP contribution in [0.1, 0.15) is 41.9 Å². The average molecular weight is 371 g/mol. The van der Waals surface area contributed by atoms with E-state index >= 15 is 0 Å². The second-order valence-corrected chi connectivity index (χ2v) is 7.00. The fourth-order valence-corrected chi connectivity index (χ4v) is 3.74. The van der Waals surface area contributed by atoms with Crippen molar-refractivity contribution in [2.45, 2.75) is 25.8 Å². The first-order chi connectivity index (χ1) is 12.5. The predicted molar refractivity (Wildman–Crippen MR) is 99.6 cm³/mol. The van der Waals surface area contributed by atoms with E-state index in [1.54, 1.807) is 12.4 Å². The van der Waals surface area contributed by atoms with E-state index in [0.29, 0.717) is 11.7 Å². The number of nitrogens with zero attached hydrogens (tertiary/aromatic N) is 4. The molecule has 1 fully saturated rings. The fourth-order valence-electron chi connectivity index (χ4n) is 3.49. The molecule has 0 amide bonds. The van der Waals surface area contributed by atoms with Crippen LogP contribution in [0.2, 0.25) is 5.02 Å². The number of carbonyl (C=O) groups is 1. The summed E-state index contributed by atoms with van der Waals surface area (Å²) in [6, 6.07) is 8.82. The molecule has 3 heterocycles. The summed E-state index contributed by atoms with van der Waals surface area (Å²) in [5, 5.41) is 13.2. The highest BCUT2D eigenvalue weighted by atomic mass is 35.5. The average Bonchev–Trinajstić information content (AvgIpc) is 3.29. The zero-order valence-electron chi connectivity index (χ0n) is 14.4. The molecule has 4 rings (SSSR count). The minimum absolute atomic E-state index is 0.0545. The number of rotatable bonds is 4. The molecule has 0 radical (unpaired) electrons. The Hall–Kier alpha value is -2.44. The Kier molecular flexibility index (Phi) is 4.38. The molecule has 1 atom stereocenters. The van der Waals surface area contributed by atoms with Crippen molar-refractivity contribution in [3.8, 4) is 11.1 Å². The molecule has 0 bridgehead atoms. The van der Waals surface area contributed by atoms with Gasteiger partial charge in [0.15, 0.2) is 11.3 Å². The van der Waals surface area contributed by atoms with Gasteiger partial charge in [0.05, 0.1) is 0 Å². The summed E-state index contributed by atoms with van der Waals surface area (Å²) in [7, 11) is 0. The van der Waals surface area contributed by atoms with Crippen LogP contribution in [-0.2, 0) is 0 Å². The Morgan fingerprint density at radius 1 is 1.19 bits per heavy atom. The van der Waals surface area contributed by atoms with Gasteiger partial charge in [-0.15, -0.1) is 0 Å². The number of benzene rings is 1. The number of hydrogen-bond donors (Lipinski definition) is 1. The van der Waals surface area contributed by atoms with Crippen LogP contribution in [0, 0.1) is 0 Å². The maximum atomic E-state index is 11.2. The Labute approximate surface area is 156 Å². The van der Waals surface area contributed by atoms with Crippen molar-refractivity contribution >= 4 is 23.2 Å². The van der Waals surface area contributed by atoms with E-state index in [-0.39, 0.29) is 10.7 Å². The van der Waals surface area contributed by atoms with Crippen LogP contribution < -0.4 is 0 Å². The van der Waals surface area contributed by atoms with E-state index in [9.17, 15) is 4.79 Å². The summed E-state index contributed by atoms with van der Waals surface area (Å²) in [6.07, 6.45) is 5.99. The molecular formula is C19H19ClN4O2. The van der Waals surface area contributed by atoms with Crippen LogP contribution in [0.4, 0.5) is 0 Å². The normalized spacial score (nSPS) is 16.2. The SMILES string of the molecule is C[C@H](c1ccc(-c2cnc3c(Cl)c(C(=O)O)nn3c2)cc1)N1CCCC1. The summed E-state index contributed by atoms with van der Waals surface area (Å²) >= 11 is 6.04. The van der Waals surface area contributed by atoms with Crippen LogP contribution in [0.5, 0.6) is 0 Å². The van der Waals surface area contributed by atoms with Gasteiger partial charge in [0.2, 0.25) is 0 Å². The minimum atomic E-state index is -1.16. The van der Waals surface area contributed by atoms with Crippen molar-refractivity contribution in [3.63, 3.8) is 0 Å². The molecule has 0 spiro atoms. The molecule has 1 saturated heterocycles. The second kappa shape index (κ2) is 6.70. The maximum absolute atomic E-state index is 11.2. The monoisotopic (exact) mass is 370 g/mol. The van der Waals surface area contributed by atoms with Gasteiger partial charge in [-0.05, 0) is 44.0 Å². The van der Waals surface area contributed by atoms with Gasteiger partial charge in [-0.2, -0.15) is 5.10 Å². The molecule has 1 aliphatic rings. The van der Waals surface area contributed by atoms with Crippen LogP contribution in [0.25, 0.3) is 16.8 Å². The van der Waals surface area contributed by atoms with E-state index in [2.05, 4.69) is 46.2 Å². The first-order valence-electron chi connectivity index (χ1n) is 8.66. The largest absolute Gasteiger partial charge is 0.476 e. The van der Waals surface area contributed by atoms with Crippen LogP contribution in [-0.4, -0.2) is 43.7 Å². The zero-order chi connectivity index (χ0) is 18.3. The van der Waals surface area contributed by atoms with Crippen LogP contribution in [0.15, 0.2) is 36.7 Å². The third-order valence-corrected chi connectivity index (χ3v) is 5.38. The maximum Gasteiger partial charge on any atom is 0.358 e. The third kappa shape index (κ3) is 2.95. The highest BCUT2D eigenvalue weighted by Crippen LogP contribution is 2.28. The standard InChI is InChI=1S/C19H19ClN4O2/c1-12(23-8-2-3-9-23)13-4-6-14(7-5-13)15-10-21-18-16(20)17(19(25)26)22-24(18)11-15/h4-7,10-12H,2-3,8-9H2,1H3,(H,25,26)/t12-/m1/s1. The highest BCUT2D eigenvalue weighted by Gasteiger charge is 2.20. The van der Waals surface area contributed by atoms with Gasteiger partial charge in [-0.1, -0.05) is 35.9 Å². The molecule has 134 valence electrons. The smallest absolute Gasteiger partial charge is 0.358 e. The lowest BCUT2D eigenvalue weighted by molar-refractivity contribution is 0.0690. The van der Waals surface area contributed by atoms with Gasteiger partial charge >= 0.3 is 5.97 Å². The molecule has 7 heteroatoms. The topological polar surface area (TPSA) is 70.7 Å². The van der Waals surface area contributed by atoms with Crippen molar-refractivity contribution in [3.05, 3.63) is 52.9 Å². The van der Waals surface area contributed by atoms with Crippen molar-refractivity contribution < 1.29 is 9.90 Å². The number of carboxylic acids is 1. The van der Waals surface area contributed by atoms with Gasteiger partial charge in [0.25, 0.3) is 0 Å². The summed E-state index contributed by atoms with van der Waals surface area (Å²) in [5.74, 6) is -1.16. The summed E-state index contributed by atoms with van der Waals surface area (Å²) < 4.78 is 1.42. The van der Waals surface area contributed by atoms with Crippen molar-refractivity contribution in [2.75, 3.05) is 13.1 Å². The number of hydrogen-bond acceptors (Lipinski definition) is 4. The molecule has 3 aromatic rings. The first kappa shape index (κ1) is 17.0. The number of likely N-dealkylation sites (tertiary alicyclic amines) is 1. The van der Waals surface area contributed by atoms with Crippen LogP contribution >= 0.6 is 11.6 Å². The van der Waals surface area contributed by atoms with Crippen LogP contribution in [0.3, 0.4) is 0 Å². The van der Waals surface area contributed by atoms with E-state index in [4.69, 9.17) is 16.7 Å². The molecule has 1 N–H and O–H groups in total. The molecule has 1 aromatic carbocycles. The molecule has 26 heavy (non-hydrogen) atoms. The van der Waals surface area contributed by atoms with Gasteiger partial charge in [-0.3, -0.25) is 4.90 Å². The van der Waals surface area contributed by atoms with E-state index in [0.717, 1.165) is 24.2 Å². The summed E-state index contributed by atoms with van der Waals surface area (Å²) in [4.78, 5) is 17.9. The Bertz CT molecular complexity index is 962. The number of aromatic nitrogens is 3. The Balaban J connectivity index is 1.63. The van der Waals surface area contributed by atoms with Crippen molar-refractivity contribution in [1.29, 1.82) is 0 Å². The molecule has 0 saturated carbocycles. The number of aromatic carboxylic acids is 1. The second-order valence-electron chi connectivity index (χ2n) is 6.62. The minimum Gasteiger partial charge on any atom is -0.476 e. The number of halogens is 1. The van der Waals surface area contributed by atoms with E-state index < -0.39 is 5.97 Å². The Morgan fingerprint density at radius 3 is 2.54 bits per heavy atom. The first-order valence-corrected chi connectivity index (χ1v) is 9.04. The van der Waals surface area contributed by atoms with E-state index in [1.807, 2.05) is 0 Å². The number of fused-ring (bicyclic) bond motifs is 1. The summed E-state index contributed by atoms with van der Waals surface area (Å²) in [6.45, 7) is 4.57. The summed E-state index contributed by atoms with van der Waals surface area (Å²) in [5.41, 5.74) is 3.30. The highest BCUT2D eigenvalue weighted by molar-refractivity contribution is 6.36. The quantitative estimate of drug-likeness (QED) is 0.754. The van der Waals surface area contributed by atoms with Crippen molar-refractivity contribution in [2.24, 2.45) is 0 Å². The number of carboxylic acid groups (broad SMARTS) is 1. The van der Waals surface area contributed by atoms with E-state index in [1.165, 1.54) is 22.9 Å². The van der Waals surface area contributed by atoms with Gasteiger partial charge in [0, 0.05) is 24.0 Å². The Morgan fingerprint density at radius 2 is 1.88 bits per heavy atom. The lowest BCUT2D eigenvalue weighted by Gasteiger charge is -2.24. The lowest BCUT2D eigenvalue weighted by atomic mass is 10.0. The molecule has 6 nitrogen and oxygen atoms in total. The zero-order valence-corrected chi connectivity index (χ0v) is 15.1. The van der Waals surface area contributed by atoms with Gasteiger partial charge in [-0.25, -0.2) is 14.3 Å². The molecule has 1 aliphatic heterocycles. The molecule has 2 aromatic heterocycles. The molecule has 0 unspecified atom stereocenters. The third-order valence-electron chi connectivity index (χ3n) is 5.03. The predicted octanol–water partition coefficient (Wildman–Crippen LogP) is 3.90.